The van der Waals surface area contributed by atoms with Crippen LogP contribution in [0.3, 0.4) is 0 Å². The Labute approximate surface area is 86.7 Å². The van der Waals surface area contributed by atoms with Gasteiger partial charge in [-0.05, 0) is 19.4 Å². The molecular formula is C9H11ClN4. The van der Waals surface area contributed by atoms with Crippen molar-refractivity contribution >= 4 is 17.4 Å². The largest absolute Gasteiger partial charge is 0.323 e. The molecule has 0 fully saturated rings. The molecular weight excluding hydrogens is 200 g/mol. The van der Waals surface area contributed by atoms with E-state index in [0.717, 1.165) is 11.3 Å². The number of nitrogens with zero attached hydrogens (tertiary/aromatic N) is 3. The van der Waals surface area contributed by atoms with Crippen molar-refractivity contribution in [3.8, 4) is 0 Å². The summed E-state index contributed by atoms with van der Waals surface area (Å²) >= 11 is 5.96. The minimum Gasteiger partial charge on any atom is -0.323 e. The van der Waals surface area contributed by atoms with Crippen LogP contribution in [0.2, 0.25) is 5.15 Å². The van der Waals surface area contributed by atoms with Gasteiger partial charge in [-0.2, -0.15) is 4.98 Å². The van der Waals surface area contributed by atoms with Crippen LogP contribution in [0.4, 0.5) is 0 Å². The second-order valence-electron chi connectivity index (χ2n) is 3.38. The summed E-state index contributed by atoms with van der Waals surface area (Å²) in [7, 11) is 0. The predicted molar refractivity (Wildman–Crippen MR) is 55.3 cm³/mol. The first-order chi connectivity index (χ1) is 6.59. The Balaban J connectivity index is 2.79. The van der Waals surface area contributed by atoms with E-state index in [-0.39, 0.29) is 6.04 Å². The van der Waals surface area contributed by atoms with E-state index in [2.05, 4.69) is 9.97 Å². The first-order valence-electron chi connectivity index (χ1n) is 4.35. The van der Waals surface area contributed by atoms with Gasteiger partial charge in [-0.1, -0.05) is 11.6 Å². The summed E-state index contributed by atoms with van der Waals surface area (Å²) in [6, 6.07) is -0.152. The Bertz CT molecular complexity index is 475. The van der Waals surface area contributed by atoms with Gasteiger partial charge >= 0.3 is 0 Å². The molecule has 74 valence electrons. The van der Waals surface area contributed by atoms with E-state index in [9.17, 15) is 0 Å². The number of aryl methyl sites for hydroxylation is 1. The van der Waals surface area contributed by atoms with Crippen molar-refractivity contribution in [2.45, 2.75) is 19.9 Å². The van der Waals surface area contributed by atoms with Crippen LogP contribution in [0, 0.1) is 6.92 Å². The topological polar surface area (TPSA) is 56.2 Å². The summed E-state index contributed by atoms with van der Waals surface area (Å²) in [6.07, 6.45) is 3.68. The van der Waals surface area contributed by atoms with Crippen LogP contribution in [-0.2, 0) is 0 Å². The number of halogens is 1. The molecule has 0 amide bonds. The van der Waals surface area contributed by atoms with Crippen LogP contribution >= 0.6 is 11.6 Å². The van der Waals surface area contributed by atoms with E-state index >= 15 is 0 Å². The summed E-state index contributed by atoms with van der Waals surface area (Å²) in [6.45, 7) is 3.84. The van der Waals surface area contributed by atoms with Crippen LogP contribution in [0.1, 0.15) is 24.2 Å². The molecule has 2 heterocycles. The number of hydrogen-bond donors (Lipinski definition) is 1. The molecule has 2 rings (SSSR count). The van der Waals surface area contributed by atoms with Gasteiger partial charge in [-0.15, -0.1) is 0 Å². The number of fused-ring (bicyclic) bond motifs is 1. The van der Waals surface area contributed by atoms with Gasteiger partial charge in [0, 0.05) is 18.4 Å². The molecule has 0 aliphatic rings. The lowest BCUT2D eigenvalue weighted by Crippen LogP contribution is -2.09. The molecule has 4 nitrogen and oxygen atoms in total. The van der Waals surface area contributed by atoms with E-state index in [1.54, 1.807) is 6.20 Å². The summed E-state index contributed by atoms with van der Waals surface area (Å²) in [5.74, 6) is 0.591. The highest BCUT2D eigenvalue weighted by atomic mass is 35.5. The molecule has 0 radical (unpaired) electrons. The number of rotatable bonds is 1. The average Bonchev–Trinajstić information content (AvgIpc) is 2.40. The highest BCUT2D eigenvalue weighted by Gasteiger charge is 2.14. The molecule has 0 aromatic carbocycles. The van der Waals surface area contributed by atoms with Crippen molar-refractivity contribution < 1.29 is 0 Å². The second kappa shape index (κ2) is 3.22. The third kappa shape index (κ3) is 1.36. The molecule has 2 aromatic rings. The molecule has 0 saturated heterocycles. The Morgan fingerprint density at radius 1 is 1.57 bits per heavy atom. The third-order valence-electron chi connectivity index (χ3n) is 2.03. The van der Waals surface area contributed by atoms with Gasteiger partial charge in [0.05, 0.1) is 5.69 Å². The first kappa shape index (κ1) is 9.43. The summed E-state index contributed by atoms with van der Waals surface area (Å²) in [5, 5.41) is 0.429. The lowest BCUT2D eigenvalue weighted by molar-refractivity contribution is 0.766. The zero-order valence-electron chi connectivity index (χ0n) is 8.03. The van der Waals surface area contributed by atoms with Crippen molar-refractivity contribution in [2.75, 3.05) is 0 Å². The van der Waals surface area contributed by atoms with Crippen molar-refractivity contribution in [3.05, 3.63) is 28.8 Å². The zero-order valence-corrected chi connectivity index (χ0v) is 8.78. The summed E-state index contributed by atoms with van der Waals surface area (Å²) in [4.78, 5) is 8.27. The number of aromatic nitrogens is 3. The normalized spacial score (nSPS) is 13.4. The van der Waals surface area contributed by atoms with Gasteiger partial charge in [0.15, 0.2) is 5.15 Å². The molecule has 0 saturated carbocycles. The minimum atomic E-state index is -0.152. The fourth-order valence-electron chi connectivity index (χ4n) is 1.43. The summed E-state index contributed by atoms with van der Waals surface area (Å²) < 4.78 is 1.84. The Kier molecular flexibility index (Phi) is 2.17. The molecule has 0 aliphatic heterocycles. The average molecular weight is 211 g/mol. The molecule has 2 aromatic heterocycles. The number of hydrogen-bond acceptors (Lipinski definition) is 3. The molecule has 1 atom stereocenters. The van der Waals surface area contributed by atoms with Crippen LogP contribution < -0.4 is 5.73 Å². The number of nitrogens with two attached hydrogens (primary N) is 1. The van der Waals surface area contributed by atoms with Crippen molar-refractivity contribution in [3.63, 3.8) is 0 Å². The maximum atomic E-state index is 5.96. The van der Waals surface area contributed by atoms with E-state index in [4.69, 9.17) is 17.3 Å². The lowest BCUT2D eigenvalue weighted by atomic mass is 10.3. The number of imidazole rings is 1. The second-order valence-corrected chi connectivity index (χ2v) is 3.74. The van der Waals surface area contributed by atoms with Crippen molar-refractivity contribution in [1.29, 1.82) is 0 Å². The van der Waals surface area contributed by atoms with E-state index in [1.807, 2.05) is 24.4 Å². The van der Waals surface area contributed by atoms with Crippen LogP contribution in [-0.4, -0.2) is 14.4 Å². The Morgan fingerprint density at radius 2 is 2.29 bits per heavy atom. The molecule has 5 heteroatoms. The van der Waals surface area contributed by atoms with E-state index in [0.29, 0.717) is 10.9 Å². The van der Waals surface area contributed by atoms with Crippen molar-refractivity contribution in [1.82, 2.24) is 14.4 Å². The van der Waals surface area contributed by atoms with Gasteiger partial charge < -0.3 is 5.73 Å². The standard InChI is InChI=1S/C9H11ClN4/c1-5-3-12-9-13-8(10)7(6(2)11)14(9)4-5/h3-4,6H,11H2,1-2H3. The van der Waals surface area contributed by atoms with Gasteiger partial charge in [-0.3, -0.25) is 4.40 Å². The zero-order chi connectivity index (χ0) is 10.3. The highest BCUT2D eigenvalue weighted by molar-refractivity contribution is 6.30. The fourth-order valence-corrected chi connectivity index (χ4v) is 1.77. The SMILES string of the molecule is Cc1cnc2nc(Cl)c(C(C)N)n2c1. The summed E-state index contributed by atoms with van der Waals surface area (Å²) in [5.41, 5.74) is 7.66. The Hall–Kier alpha value is -1.13. The highest BCUT2D eigenvalue weighted by Crippen LogP contribution is 2.21. The molecule has 1 unspecified atom stereocenters. The van der Waals surface area contributed by atoms with Gasteiger partial charge in [0.2, 0.25) is 5.78 Å². The molecule has 2 N–H and O–H groups in total. The van der Waals surface area contributed by atoms with Gasteiger partial charge in [0.1, 0.15) is 0 Å². The quantitative estimate of drug-likeness (QED) is 0.780. The smallest absolute Gasteiger partial charge is 0.235 e. The first-order valence-corrected chi connectivity index (χ1v) is 4.73. The van der Waals surface area contributed by atoms with Crippen molar-refractivity contribution in [2.24, 2.45) is 5.73 Å². The Morgan fingerprint density at radius 3 is 2.93 bits per heavy atom. The van der Waals surface area contributed by atoms with Gasteiger partial charge in [0.25, 0.3) is 0 Å². The maximum absolute atomic E-state index is 5.96. The molecule has 14 heavy (non-hydrogen) atoms. The van der Waals surface area contributed by atoms with E-state index in [1.165, 1.54) is 0 Å². The molecule has 0 bridgehead atoms. The monoisotopic (exact) mass is 210 g/mol. The molecule has 0 aliphatic carbocycles. The lowest BCUT2D eigenvalue weighted by Gasteiger charge is -2.05. The fraction of sp³-hybridized carbons (Fsp3) is 0.333. The van der Waals surface area contributed by atoms with Crippen LogP contribution in [0.25, 0.3) is 5.78 Å². The third-order valence-corrected chi connectivity index (χ3v) is 2.31. The van der Waals surface area contributed by atoms with Crippen LogP contribution in [0.15, 0.2) is 12.4 Å². The van der Waals surface area contributed by atoms with Gasteiger partial charge in [-0.25, -0.2) is 4.98 Å². The van der Waals surface area contributed by atoms with E-state index < -0.39 is 0 Å². The maximum Gasteiger partial charge on any atom is 0.235 e. The molecule has 0 spiro atoms. The predicted octanol–water partition coefficient (Wildman–Crippen LogP) is 1.71. The van der Waals surface area contributed by atoms with Crippen LogP contribution in [0.5, 0.6) is 0 Å². The minimum absolute atomic E-state index is 0.152.